The molecule has 10 nitrogen and oxygen atoms in total. The van der Waals surface area contributed by atoms with Gasteiger partial charge in [0.25, 0.3) is 5.91 Å². The number of carbonyl (C=O) groups is 1. The number of aromatic nitrogens is 2. The number of anilines is 1. The van der Waals surface area contributed by atoms with Crippen molar-refractivity contribution in [3.05, 3.63) is 42.2 Å². The standard InChI is InChI=1S/C24H25N3O7/c1-5-30-17-12-15(13-18(31-6-2)21(17)32-7-3)23-26-27-24(34-23)25-22(28)19-11-14-9-8-10-16(29-4)20(14)33-19/h8-13H,5-7H2,1-4H3,(H,25,27,28). The van der Waals surface area contributed by atoms with E-state index in [1.807, 2.05) is 32.9 Å². The molecule has 0 saturated heterocycles. The Balaban J connectivity index is 1.60. The highest BCUT2D eigenvalue weighted by atomic mass is 16.5. The molecule has 10 heteroatoms. The van der Waals surface area contributed by atoms with Crippen LogP contribution in [0.5, 0.6) is 23.0 Å². The Morgan fingerprint density at radius 1 is 0.912 bits per heavy atom. The van der Waals surface area contributed by atoms with Crippen LogP contribution in [0.3, 0.4) is 0 Å². The van der Waals surface area contributed by atoms with E-state index >= 15 is 0 Å². The second-order valence-electron chi connectivity index (χ2n) is 6.96. The Labute approximate surface area is 195 Å². The van der Waals surface area contributed by atoms with Crippen molar-refractivity contribution >= 4 is 22.9 Å². The van der Waals surface area contributed by atoms with Gasteiger partial charge < -0.3 is 27.8 Å². The first-order valence-corrected chi connectivity index (χ1v) is 10.9. The number of rotatable bonds is 10. The molecule has 1 N–H and O–H groups in total. The number of hydrogen-bond donors (Lipinski definition) is 1. The van der Waals surface area contributed by atoms with Crippen LogP contribution < -0.4 is 24.3 Å². The molecule has 0 fully saturated rings. The molecule has 0 spiro atoms. The Morgan fingerprint density at radius 3 is 2.26 bits per heavy atom. The van der Waals surface area contributed by atoms with Gasteiger partial charge in [-0.05, 0) is 45.0 Å². The zero-order chi connectivity index (χ0) is 24.1. The third-order valence-electron chi connectivity index (χ3n) is 4.75. The lowest BCUT2D eigenvalue weighted by atomic mass is 10.2. The Bertz CT molecular complexity index is 1270. The van der Waals surface area contributed by atoms with E-state index in [0.717, 1.165) is 5.39 Å². The van der Waals surface area contributed by atoms with E-state index in [0.29, 0.717) is 54.0 Å². The van der Waals surface area contributed by atoms with Gasteiger partial charge in [0, 0.05) is 10.9 Å². The van der Waals surface area contributed by atoms with Gasteiger partial charge >= 0.3 is 6.01 Å². The third-order valence-corrected chi connectivity index (χ3v) is 4.75. The number of hydrogen-bond acceptors (Lipinski definition) is 9. The number of ether oxygens (including phenoxy) is 4. The van der Waals surface area contributed by atoms with Gasteiger partial charge in [-0.3, -0.25) is 10.1 Å². The fourth-order valence-electron chi connectivity index (χ4n) is 3.37. The topological polar surface area (TPSA) is 118 Å². The van der Waals surface area contributed by atoms with Crippen molar-refractivity contribution in [1.29, 1.82) is 0 Å². The first-order valence-electron chi connectivity index (χ1n) is 10.9. The summed E-state index contributed by atoms with van der Waals surface area (Å²) in [5.74, 6) is 1.73. The first-order chi connectivity index (χ1) is 16.6. The van der Waals surface area contributed by atoms with Crippen molar-refractivity contribution in [2.45, 2.75) is 20.8 Å². The molecule has 178 valence electrons. The summed E-state index contributed by atoms with van der Waals surface area (Å²) in [5, 5.41) is 11.3. The number of methoxy groups -OCH3 is 1. The van der Waals surface area contributed by atoms with Gasteiger partial charge in [0.05, 0.1) is 26.9 Å². The number of nitrogens with one attached hydrogen (secondary N) is 1. The van der Waals surface area contributed by atoms with Crippen LogP contribution in [0.25, 0.3) is 22.4 Å². The smallest absolute Gasteiger partial charge is 0.322 e. The number of furan rings is 1. The third kappa shape index (κ3) is 4.61. The highest BCUT2D eigenvalue weighted by Crippen LogP contribution is 2.42. The molecule has 0 atom stereocenters. The zero-order valence-electron chi connectivity index (χ0n) is 19.3. The van der Waals surface area contributed by atoms with E-state index in [4.69, 9.17) is 27.8 Å². The molecule has 4 rings (SSSR count). The molecular weight excluding hydrogens is 442 g/mol. The van der Waals surface area contributed by atoms with E-state index in [1.54, 1.807) is 24.3 Å². The van der Waals surface area contributed by atoms with Crippen LogP contribution in [0.2, 0.25) is 0 Å². The largest absolute Gasteiger partial charge is 0.493 e. The minimum Gasteiger partial charge on any atom is -0.493 e. The fraction of sp³-hybridized carbons (Fsp3) is 0.292. The summed E-state index contributed by atoms with van der Waals surface area (Å²) >= 11 is 0. The summed E-state index contributed by atoms with van der Waals surface area (Å²) in [4.78, 5) is 12.7. The highest BCUT2D eigenvalue weighted by Gasteiger charge is 2.21. The van der Waals surface area contributed by atoms with Crippen LogP contribution in [0.1, 0.15) is 31.3 Å². The Kier molecular flexibility index (Phi) is 6.86. The van der Waals surface area contributed by atoms with Crippen molar-refractivity contribution in [1.82, 2.24) is 10.2 Å². The minimum absolute atomic E-state index is 0.0811. The molecule has 34 heavy (non-hydrogen) atoms. The lowest BCUT2D eigenvalue weighted by Crippen LogP contribution is -2.10. The van der Waals surface area contributed by atoms with Crippen LogP contribution in [0.4, 0.5) is 6.01 Å². The molecule has 2 heterocycles. The molecule has 0 aliphatic heterocycles. The monoisotopic (exact) mass is 467 g/mol. The van der Waals surface area contributed by atoms with Gasteiger partial charge in [0.15, 0.2) is 28.6 Å². The van der Waals surface area contributed by atoms with E-state index < -0.39 is 5.91 Å². The van der Waals surface area contributed by atoms with Gasteiger partial charge in [-0.15, -0.1) is 5.10 Å². The predicted molar refractivity (Wildman–Crippen MR) is 124 cm³/mol. The summed E-state index contributed by atoms with van der Waals surface area (Å²) in [6, 6.07) is 10.4. The SMILES string of the molecule is CCOc1cc(-c2nnc(NC(=O)c3cc4cccc(OC)c4o3)o2)cc(OCC)c1OCC. The van der Waals surface area contributed by atoms with Crippen molar-refractivity contribution in [3.63, 3.8) is 0 Å². The lowest BCUT2D eigenvalue weighted by Gasteiger charge is -2.16. The van der Waals surface area contributed by atoms with Crippen molar-refractivity contribution in [2.75, 3.05) is 32.2 Å². The summed E-state index contributed by atoms with van der Waals surface area (Å²) in [6.07, 6.45) is 0. The lowest BCUT2D eigenvalue weighted by molar-refractivity contribution is 0.0995. The number of nitrogens with zero attached hydrogens (tertiary/aromatic N) is 2. The van der Waals surface area contributed by atoms with Crippen LogP contribution in [0.15, 0.2) is 45.2 Å². The fourth-order valence-corrected chi connectivity index (χ4v) is 3.37. The second-order valence-corrected chi connectivity index (χ2v) is 6.96. The molecule has 0 bridgehead atoms. The van der Waals surface area contributed by atoms with Gasteiger partial charge in [-0.1, -0.05) is 17.2 Å². The van der Waals surface area contributed by atoms with Crippen molar-refractivity contribution < 1.29 is 32.6 Å². The summed E-state index contributed by atoms with van der Waals surface area (Å²) in [5.41, 5.74) is 1.03. The number of fused-ring (bicyclic) bond motifs is 1. The maximum Gasteiger partial charge on any atom is 0.322 e. The second kappa shape index (κ2) is 10.2. The normalized spacial score (nSPS) is 10.8. The van der Waals surface area contributed by atoms with Crippen LogP contribution in [-0.4, -0.2) is 43.0 Å². The molecule has 0 saturated carbocycles. The predicted octanol–water partition coefficient (Wildman–Crippen LogP) is 4.94. The number of benzene rings is 2. The summed E-state index contributed by atoms with van der Waals surface area (Å²) < 4.78 is 33.8. The van der Waals surface area contributed by atoms with Gasteiger partial charge in [-0.25, -0.2) is 0 Å². The van der Waals surface area contributed by atoms with E-state index in [1.165, 1.54) is 7.11 Å². The van der Waals surface area contributed by atoms with Gasteiger partial charge in [0.1, 0.15) is 0 Å². The van der Waals surface area contributed by atoms with E-state index in [-0.39, 0.29) is 17.7 Å². The molecule has 0 radical (unpaired) electrons. The molecule has 0 aliphatic rings. The molecule has 2 aromatic carbocycles. The highest BCUT2D eigenvalue weighted by molar-refractivity contribution is 6.04. The molecule has 0 unspecified atom stereocenters. The van der Waals surface area contributed by atoms with Crippen LogP contribution in [-0.2, 0) is 0 Å². The van der Waals surface area contributed by atoms with Gasteiger partial charge in [0.2, 0.25) is 11.6 Å². The number of amides is 1. The average Bonchev–Trinajstić information content (AvgIpc) is 3.48. The van der Waals surface area contributed by atoms with E-state index in [9.17, 15) is 4.79 Å². The molecule has 0 aliphatic carbocycles. The average molecular weight is 467 g/mol. The minimum atomic E-state index is -0.537. The van der Waals surface area contributed by atoms with Crippen molar-refractivity contribution in [2.24, 2.45) is 0 Å². The zero-order valence-corrected chi connectivity index (χ0v) is 19.3. The molecule has 2 aromatic heterocycles. The number of carbonyl (C=O) groups excluding carboxylic acids is 1. The first kappa shape index (κ1) is 23.0. The molecular formula is C24H25N3O7. The van der Waals surface area contributed by atoms with E-state index in [2.05, 4.69) is 15.5 Å². The molecule has 4 aromatic rings. The van der Waals surface area contributed by atoms with Crippen LogP contribution >= 0.6 is 0 Å². The number of para-hydroxylation sites is 1. The molecule has 1 amide bonds. The maximum atomic E-state index is 12.7. The Morgan fingerprint density at radius 2 is 1.62 bits per heavy atom. The van der Waals surface area contributed by atoms with Crippen molar-refractivity contribution in [3.8, 4) is 34.5 Å². The Hall–Kier alpha value is -4.21. The summed E-state index contributed by atoms with van der Waals surface area (Å²) in [7, 11) is 1.53. The van der Waals surface area contributed by atoms with Crippen LogP contribution in [0, 0.1) is 0 Å². The summed E-state index contributed by atoms with van der Waals surface area (Å²) in [6.45, 7) is 6.94. The van der Waals surface area contributed by atoms with Gasteiger partial charge in [-0.2, -0.15) is 0 Å². The quantitative estimate of drug-likeness (QED) is 0.346. The maximum absolute atomic E-state index is 12.7.